The minimum absolute atomic E-state index is 0.00994. The summed E-state index contributed by atoms with van der Waals surface area (Å²) in [5, 5.41) is 1.16. The van der Waals surface area contributed by atoms with Gasteiger partial charge >= 0.3 is 6.09 Å². The lowest BCUT2D eigenvalue weighted by Crippen LogP contribution is -2.42. The van der Waals surface area contributed by atoms with Crippen molar-refractivity contribution < 1.29 is 27.1 Å². The van der Waals surface area contributed by atoms with E-state index in [1.54, 1.807) is 39.1 Å². The molecule has 0 saturated carbocycles. The number of carbonyl (C=O) groups is 2. The average Bonchev–Trinajstić information content (AvgIpc) is 3.40. The first-order chi connectivity index (χ1) is 17.8. The normalized spacial score (nSPS) is 18.2. The van der Waals surface area contributed by atoms with Crippen LogP contribution in [-0.2, 0) is 32.5 Å². The fraction of sp³-hybridized carbons (Fsp3) is 0.385. The van der Waals surface area contributed by atoms with Gasteiger partial charge in [0, 0.05) is 36.7 Å². The number of nitrogens with one attached hydrogen (secondary N) is 2. The summed E-state index contributed by atoms with van der Waals surface area (Å²) < 4.78 is 49.5. The number of carbonyl (C=O) groups excluding carboxylic acids is 2. The predicted molar refractivity (Wildman–Crippen MR) is 141 cm³/mol. The van der Waals surface area contributed by atoms with E-state index in [1.807, 2.05) is 0 Å². The zero-order chi connectivity index (χ0) is 27.4. The zero-order valence-corrected chi connectivity index (χ0v) is 22.7. The third-order valence-corrected chi connectivity index (χ3v) is 8.45. The number of hydrogen-bond donors (Lipinski definition) is 2. The number of aromatic amines is 1. The summed E-state index contributed by atoms with van der Waals surface area (Å²) in [5.74, 6) is -1.06. The summed E-state index contributed by atoms with van der Waals surface area (Å²) in [5.41, 5.74) is 1.11. The van der Waals surface area contributed by atoms with Crippen molar-refractivity contribution in [1.82, 2.24) is 14.6 Å². The van der Waals surface area contributed by atoms with E-state index in [1.165, 1.54) is 28.0 Å². The fourth-order valence-corrected chi connectivity index (χ4v) is 6.28. The second kappa shape index (κ2) is 9.55. The highest BCUT2D eigenvalue weighted by atomic mass is 35.5. The number of halogens is 2. The topological polar surface area (TPSA) is 112 Å². The molecule has 5 rings (SSSR count). The minimum Gasteiger partial charge on any atom is -0.444 e. The summed E-state index contributed by atoms with van der Waals surface area (Å²) in [6.07, 6.45) is 1.57. The number of ether oxygens (including phenoxy) is 1. The van der Waals surface area contributed by atoms with Gasteiger partial charge in [0.2, 0.25) is 15.9 Å². The van der Waals surface area contributed by atoms with Gasteiger partial charge < -0.3 is 19.5 Å². The highest BCUT2D eigenvalue weighted by Crippen LogP contribution is 2.33. The summed E-state index contributed by atoms with van der Waals surface area (Å²) in [6, 6.07) is 6.64. The average molecular weight is 563 g/mol. The minimum atomic E-state index is -4.02. The van der Waals surface area contributed by atoms with Crippen LogP contribution in [0.2, 0.25) is 5.02 Å². The monoisotopic (exact) mass is 562 g/mol. The van der Waals surface area contributed by atoms with Gasteiger partial charge in [-0.3, -0.25) is 4.79 Å². The van der Waals surface area contributed by atoms with Gasteiger partial charge in [-0.05, 0) is 69.0 Å². The highest BCUT2D eigenvalue weighted by molar-refractivity contribution is 7.89. The Morgan fingerprint density at radius 2 is 1.97 bits per heavy atom. The molecule has 1 aromatic heterocycles. The molecule has 2 aliphatic heterocycles. The lowest BCUT2D eigenvalue weighted by Gasteiger charge is -2.32. The van der Waals surface area contributed by atoms with Crippen LogP contribution in [0.4, 0.5) is 14.9 Å². The van der Waals surface area contributed by atoms with Crippen LogP contribution in [0.5, 0.6) is 0 Å². The first-order valence-electron chi connectivity index (χ1n) is 12.2. The van der Waals surface area contributed by atoms with Gasteiger partial charge in [0.25, 0.3) is 0 Å². The molecule has 0 bridgehead atoms. The number of sulfonamides is 1. The molecule has 3 aromatic rings. The SMILES string of the molecule is CC(C)(C)OC(=O)N1CCc2c(ccc(N3CC[C@H](NS(=O)(=O)c4ccc5c(Cl)c[nH]c5c4)C3=O)c2F)C1. The molecule has 1 saturated heterocycles. The lowest BCUT2D eigenvalue weighted by atomic mass is 9.98. The van der Waals surface area contributed by atoms with Crippen molar-refractivity contribution in [3.63, 3.8) is 0 Å². The van der Waals surface area contributed by atoms with Crippen molar-refractivity contribution in [3.8, 4) is 0 Å². The van der Waals surface area contributed by atoms with Crippen molar-refractivity contribution in [2.24, 2.45) is 0 Å². The maximum atomic E-state index is 15.6. The van der Waals surface area contributed by atoms with Crippen molar-refractivity contribution in [2.45, 2.75) is 56.7 Å². The Morgan fingerprint density at radius 1 is 1.21 bits per heavy atom. The predicted octanol–water partition coefficient (Wildman–Crippen LogP) is 4.34. The first-order valence-corrected chi connectivity index (χ1v) is 14.1. The van der Waals surface area contributed by atoms with E-state index in [2.05, 4.69) is 9.71 Å². The van der Waals surface area contributed by atoms with Gasteiger partial charge in [-0.15, -0.1) is 0 Å². The van der Waals surface area contributed by atoms with Gasteiger partial charge in [0.05, 0.1) is 15.6 Å². The van der Waals surface area contributed by atoms with Crippen molar-refractivity contribution >= 4 is 50.2 Å². The highest BCUT2D eigenvalue weighted by Gasteiger charge is 2.38. The van der Waals surface area contributed by atoms with Gasteiger partial charge in [0.15, 0.2) is 5.82 Å². The van der Waals surface area contributed by atoms with Crippen molar-refractivity contribution in [1.29, 1.82) is 0 Å². The Kier molecular flexibility index (Phi) is 6.65. The van der Waals surface area contributed by atoms with Crippen molar-refractivity contribution in [3.05, 3.63) is 58.5 Å². The van der Waals surface area contributed by atoms with E-state index in [0.29, 0.717) is 27.1 Å². The standard InChI is InChI=1S/C26H28ClFN4O5S/c1-26(2,3)37-25(34)31-10-8-17-15(14-31)4-7-22(23(17)28)32-11-9-20(24(32)33)30-38(35,36)16-5-6-18-19(27)13-29-21(18)12-16/h4-7,12-13,20,29-30H,8-11,14H2,1-3H3/t20-/m0/s1. The summed E-state index contributed by atoms with van der Waals surface area (Å²) >= 11 is 6.07. The Labute approximate surface area is 224 Å². The fourth-order valence-electron chi connectivity index (χ4n) is 4.81. The van der Waals surface area contributed by atoms with E-state index >= 15 is 4.39 Å². The molecule has 0 unspecified atom stereocenters. The van der Waals surface area contributed by atoms with Crippen LogP contribution in [0.25, 0.3) is 10.9 Å². The van der Waals surface area contributed by atoms with Crippen LogP contribution < -0.4 is 9.62 Å². The molecule has 202 valence electrons. The Hall–Kier alpha value is -3.15. The smallest absolute Gasteiger partial charge is 0.410 e. The second-order valence-corrected chi connectivity index (χ2v) is 12.6. The lowest BCUT2D eigenvalue weighted by molar-refractivity contribution is -0.118. The largest absolute Gasteiger partial charge is 0.444 e. The molecule has 12 heteroatoms. The number of amides is 2. The molecule has 2 amide bonds. The maximum absolute atomic E-state index is 15.6. The molecule has 0 spiro atoms. The number of anilines is 1. The van der Waals surface area contributed by atoms with Gasteiger partial charge in [0.1, 0.15) is 11.6 Å². The number of nitrogens with zero attached hydrogens (tertiary/aromatic N) is 2. The van der Waals surface area contributed by atoms with Crippen LogP contribution in [0.3, 0.4) is 0 Å². The maximum Gasteiger partial charge on any atom is 0.410 e. The molecule has 2 aliphatic rings. The Balaban J connectivity index is 1.31. The number of aromatic nitrogens is 1. The van der Waals surface area contributed by atoms with Crippen LogP contribution in [0.15, 0.2) is 41.4 Å². The number of H-pyrrole nitrogens is 1. The Morgan fingerprint density at radius 3 is 2.71 bits per heavy atom. The molecular weight excluding hydrogens is 535 g/mol. The van der Waals surface area contributed by atoms with E-state index in [0.717, 1.165) is 0 Å². The number of benzene rings is 2. The molecule has 0 radical (unpaired) electrons. The van der Waals surface area contributed by atoms with E-state index in [-0.39, 0.29) is 43.1 Å². The number of rotatable bonds is 4. The number of hydrogen-bond acceptors (Lipinski definition) is 5. The van der Waals surface area contributed by atoms with Crippen molar-refractivity contribution in [2.75, 3.05) is 18.0 Å². The molecule has 1 fully saturated rings. The van der Waals surface area contributed by atoms with Gasteiger partial charge in [-0.1, -0.05) is 17.7 Å². The summed E-state index contributed by atoms with van der Waals surface area (Å²) in [7, 11) is -4.02. The van der Waals surface area contributed by atoms with E-state index in [9.17, 15) is 18.0 Å². The quantitative estimate of drug-likeness (QED) is 0.491. The van der Waals surface area contributed by atoms with Crippen LogP contribution in [-0.4, -0.2) is 55.0 Å². The van der Waals surface area contributed by atoms with E-state index < -0.39 is 39.5 Å². The zero-order valence-electron chi connectivity index (χ0n) is 21.2. The molecule has 2 N–H and O–H groups in total. The number of fused-ring (bicyclic) bond motifs is 2. The third kappa shape index (κ3) is 4.97. The molecule has 3 heterocycles. The van der Waals surface area contributed by atoms with Gasteiger partial charge in [-0.2, -0.15) is 4.72 Å². The Bertz CT molecular complexity index is 1550. The first kappa shape index (κ1) is 26.5. The molecular formula is C26H28ClFN4O5S. The van der Waals surface area contributed by atoms with Crippen LogP contribution in [0, 0.1) is 5.82 Å². The van der Waals surface area contributed by atoms with Gasteiger partial charge in [-0.25, -0.2) is 17.6 Å². The summed E-state index contributed by atoms with van der Waals surface area (Å²) in [6.45, 7) is 6.00. The molecule has 38 heavy (non-hydrogen) atoms. The third-order valence-electron chi connectivity index (χ3n) is 6.67. The molecule has 1 atom stereocenters. The molecule has 9 nitrogen and oxygen atoms in total. The molecule has 0 aliphatic carbocycles. The van der Waals surface area contributed by atoms with E-state index in [4.69, 9.17) is 16.3 Å². The second-order valence-electron chi connectivity index (χ2n) is 10.5. The molecule has 2 aromatic carbocycles. The van der Waals surface area contributed by atoms with Crippen LogP contribution >= 0.6 is 11.6 Å². The summed E-state index contributed by atoms with van der Waals surface area (Å²) in [4.78, 5) is 31.3. The van der Waals surface area contributed by atoms with Crippen LogP contribution in [0.1, 0.15) is 38.3 Å².